The van der Waals surface area contributed by atoms with Gasteiger partial charge in [0.25, 0.3) is 0 Å². The maximum absolute atomic E-state index is 6.00. The van der Waals surface area contributed by atoms with Gasteiger partial charge in [0.05, 0.1) is 6.54 Å². The number of nitrogens with zero attached hydrogens (tertiary/aromatic N) is 1. The normalized spacial score (nSPS) is 14.3. The van der Waals surface area contributed by atoms with Crippen LogP contribution < -0.4 is 15.4 Å². The number of hydrogen-bond donors (Lipinski definition) is 2. The van der Waals surface area contributed by atoms with E-state index in [-0.39, 0.29) is 0 Å². The molecule has 0 heterocycles. The van der Waals surface area contributed by atoms with E-state index in [0.29, 0.717) is 19.2 Å². The Balaban J connectivity index is 1.64. The molecule has 24 heavy (non-hydrogen) atoms. The van der Waals surface area contributed by atoms with Gasteiger partial charge in [0.1, 0.15) is 12.4 Å². The second-order valence-corrected chi connectivity index (χ2v) is 6.00. The second kappa shape index (κ2) is 8.39. The molecule has 0 amide bonds. The van der Waals surface area contributed by atoms with Crippen molar-refractivity contribution in [2.24, 2.45) is 4.99 Å². The monoisotopic (exact) mass is 323 g/mol. The average Bonchev–Trinajstić information content (AvgIpc) is 3.44. The second-order valence-electron chi connectivity index (χ2n) is 6.00. The fraction of sp³-hybridized carbons (Fsp3) is 0.350. The van der Waals surface area contributed by atoms with E-state index < -0.39 is 0 Å². The summed E-state index contributed by atoms with van der Waals surface area (Å²) >= 11 is 0. The van der Waals surface area contributed by atoms with E-state index in [1.165, 1.54) is 18.4 Å². The van der Waals surface area contributed by atoms with Gasteiger partial charge in [-0.15, -0.1) is 0 Å². The molecule has 0 bridgehead atoms. The number of benzene rings is 2. The van der Waals surface area contributed by atoms with Crippen molar-refractivity contribution < 1.29 is 4.74 Å². The number of hydrogen-bond acceptors (Lipinski definition) is 2. The van der Waals surface area contributed by atoms with Crippen LogP contribution in [-0.2, 0) is 13.2 Å². The molecule has 0 radical (unpaired) electrons. The zero-order valence-electron chi connectivity index (χ0n) is 14.2. The number of guanidine groups is 1. The van der Waals surface area contributed by atoms with Gasteiger partial charge < -0.3 is 15.4 Å². The molecule has 1 fully saturated rings. The van der Waals surface area contributed by atoms with Crippen LogP contribution in [0.2, 0.25) is 0 Å². The summed E-state index contributed by atoms with van der Waals surface area (Å²) in [4.78, 5) is 4.69. The molecular formula is C20H25N3O. The van der Waals surface area contributed by atoms with Crippen LogP contribution in [0.1, 0.15) is 30.9 Å². The maximum Gasteiger partial charge on any atom is 0.191 e. The lowest BCUT2D eigenvalue weighted by Crippen LogP contribution is -2.38. The van der Waals surface area contributed by atoms with E-state index in [0.717, 1.165) is 23.8 Å². The summed E-state index contributed by atoms with van der Waals surface area (Å²) in [5, 5.41) is 6.74. The number of rotatable bonds is 7. The van der Waals surface area contributed by atoms with E-state index in [4.69, 9.17) is 9.73 Å². The highest BCUT2D eigenvalue weighted by molar-refractivity contribution is 5.80. The zero-order chi connectivity index (χ0) is 16.6. The first-order valence-electron chi connectivity index (χ1n) is 8.64. The van der Waals surface area contributed by atoms with Crippen molar-refractivity contribution in [3.05, 3.63) is 65.7 Å². The number of ether oxygens (including phenoxy) is 1. The average molecular weight is 323 g/mol. The molecule has 0 saturated heterocycles. The summed E-state index contributed by atoms with van der Waals surface area (Å²) < 4.78 is 6.00. The van der Waals surface area contributed by atoms with Crippen molar-refractivity contribution in [1.82, 2.24) is 10.6 Å². The quantitative estimate of drug-likeness (QED) is 0.606. The van der Waals surface area contributed by atoms with Crippen LogP contribution in [-0.4, -0.2) is 18.5 Å². The van der Waals surface area contributed by atoms with Crippen LogP contribution in [0.3, 0.4) is 0 Å². The highest BCUT2D eigenvalue weighted by atomic mass is 16.5. The minimum absolute atomic E-state index is 0.571. The Morgan fingerprint density at radius 2 is 1.83 bits per heavy atom. The minimum atomic E-state index is 0.571. The summed E-state index contributed by atoms with van der Waals surface area (Å²) in [6.07, 6.45) is 2.47. The molecule has 2 aromatic rings. The molecule has 0 spiro atoms. The van der Waals surface area contributed by atoms with Crippen LogP contribution in [0.4, 0.5) is 0 Å². The fourth-order valence-electron chi connectivity index (χ4n) is 2.42. The largest absolute Gasteiger partial charge is 0.489 e. The van der Waals surface area contributed by atoms with E-state index >= 15 is 0 Å². The first-order valence-corrected chi connectivity index (χ1v) is 8.64. The predicted octanol–water partition coefficient (Wildman–Crippen LogP) is 3.48. The maximum atomic E-state index is 6.00. The molecule has 1 saturated carbocycles. The highest BCUT2D eigenvalue weighted by Crippen LogP contribution is 2.21. The van der Waals surface area contributed by atoms with Crippen molar-refractivity contribution >= 4 is 5.96 Å². The number of nitrogens with one attached hydrogen (secondary N) is 2. The van der Waals surface area contributed by atoms with Crippen molar-refractivity contribution in [2.75, 3.05) is 6.54 Å². The van der Waals surface area contributed by atoms with Gasteiger partial charge in [0, 0.05) is 18.2 Å². The van der Waals surface area contributed by atoms with Crippen LogP contribution in [0, 0.1) is 0 Å². The molecule has 2 aromatic carbocycles. The highest BCUT2D eigenvalue weighted by Gasteiger charge is 2.22. The molecular weight excluding hydrogens is 298 g/mol. The Morgan fingerprint density at radius 1 is 1.08 bits per heavy atom. The number of aliphatic imine (C=N–C) groups is 1. The van der Waals surface area contributed by atoms with Crippen LogP contribution in [0.15, 0.2) is 59.6 Å². The van der Waals surface area contributed by atoms with Crippen molar-refractivity contribution in [3.8, 4) is 5.75 Å². The van der Waals surface area contributed by atoms with Gasteiger partial charge in [0.15, 0.2) is 5.96 Å². The molecule has 0 atom stereocenters. The van der Waals surface area contributed by atoms with E-state index in [1.807, 2.05) is 36.4 Å². The molecule has 1 aliphatic rings. The zero-order valence-corrected chi connectivity index (χ0v) is 14.2. The molecule has 3 rings (SSSR count). The smallest absolute Gasteiger partial charge is 0.191 e. The number of para-hydroxylation sites is 1. The molecule has 0 aromatic heterocycles. The molecule has 126 valence electrons. The van der Waals surface area contributed by atoms with Crippen LogP contribution in [0.25, 0.3) is 0 Å². The molecule has 0 aliphatic heterocycles. The van der Waals surface area contributed by atoms with Crippen LogP contribution >= 0.6 is 0 Å². The molecule has 1 aliphatic carbocycles. The van der Waals surface area contributed by atoms with Crippen molar-refractivity contribution in [3.63, 3.8) is 0 Å². The van der Waals surface area contributed by atoms with Gasteiger partial charge in [-0.2, -0.15) is 0 Å². The van der Waals surface area contributed by atoms with E-state index in [9.17, 15) is 0 Å². The Hall–Kier alpha value is -2.49. The third kappa shape index (κ3) is 5.01. The topological polar surface area (TPSA) is 45.7 Å². The van der Waals surface area contributed by atoms with Gasteiger partial charge in [0.2, 0.25) is 0 Å². The van der Waals surface area contributed by atoms with Gasteiger partial charge >= 0.3 is 0 Å². The van der Waals surface area contributed by atoms with E-state index in [1.54, 1.807) is 0 Å². The first kappa shape index (κ1) is 16.4. The third-order valence-electron chi connectivity index (χ3n) is 3.88. The lowest BCUT2D eigenvalue weighted by Gasteiger charge is -2.12. The van der Waals surface area contributed by atoms with Gasteiger partial charge in [-0.3, -0.25) is 0 Å². The Labute approximate surface area is 144 Å². The lowest BCUT2D eigenvalue weighted by atomic mass is 10.2. The van der Waals surface area contributed by atoms with Crippen molar-refractivity contribution in [2.45, 2.75) is 39.0 Å². The molecule has 4 heteroatoms. The summed E-state index contributed by atoms with van der Waals surface area (Å²) in [5.74, 6) is 1.78. The van der Waals surface area contributed by atoms with Gasteiger partial charge in [-0.1, -0.05) is 48.5 Å². The molecule has 2 N–H and O–H groups in total. The molecule has 4 nitrogen and oxygen atoms in total. The summed E-state index contributed by atoms with van der Waals surface area (Å²) in [5.41, 5.74) is 2.26. The minimum Gasteiger partial charge on any atom is -0.489 e. The summed E-state index contributed by atoms with van der Waals surface area (Å²) in [7, 11) is 0. The SMILES string of the molecule is CCNC(=NCc1ccccc1OCc1ccccc1)NC1CC1. The summed E-state index contributed by atoms with van der Waals surface area (Å²) in [6, 6.07) is 18.9. The Morgan fingerprint density at radius 3 is 2.58 bits per heavy atom. The molecule has 0 unspecified atom stereocenters. The predicted molar refractivity (Wildman–Crippen MR) is 98.2 cm³/mol. The third-order valence-corrected chi connectivity index (χ3v) is 3.88. The van der Waals surface area contributed by atoms with Gasteiger partial charge in [-0.25, -0.2) is 4.99 Å². The first-order chi connectivity index (χ1) is 11.8. The standard InChI is InChI=1S/C20H25N3O/c1-2-21-20(23-18-12-13-18)22-14-17-10-6-7-11-19(17)24-15-16-8-4-3-5-9-16/h3-11,18H,2,12-15H2,1H3,(H2,21,22,23). The van der Waals surface area contributed by atoms with Gasteiger partial charge in [-0.05, 0) is 31.4 Å². The van der Waals surface area contributed by atoms with Crippen molar-refractivity contribution in [1.29, 1.82) is 0 Å². The van der Waals surface area contributed by atoms with Crippen LogP contribution in [0.5, 0.6) is 5.75 Å². The lowest BCUT2D eigenvalue weighted by molar-refractivity contribution is 0.303. The fourth-order valence-corrected chi connectivity index (χ4v) is 2.42. The summed E-state index contributed by atoms with van der Waals surface area (Å²) in [6.45, 7) is 4.13. The Kier molecular flexibility index (Phi) is 5.72. The van der Waals surface area contributed by atoms with E-state index in [2.05, 4.69) is 35.8 Å². The Bertz CT molecular complexity index is 666.